The maximum absolute atomic E-state index is 12.0. The summed E-state index contributed by atoms with van der Waals surface area (Å²) >= 11 is 0. The number of rotatable bonds is 4. The molecule has 0 aliphatic carbocycles. The van der Waals surface area contributed by atoms with E-state index in [0.29, 0.717) is 31.2 Å². The van der Waals surface area contributed by atoms with Gasteiger partial charge < -0.3 is 14.9 Å². The van der Waals surface area contributed by atoms with Crippen molar-refractivity contribution >= 4 is 22.4 Å². The van der Waals surface area contributed by atoms with Gasteiger partial charge in [0.15, 0.2) is 0 Å². The lowest BCUT2D eigenvalue weighted by Crippen LogP contribution is -2.51. The minimum Gasteiger partial charge on any atom is -0.390 e. The highest BCUT2D eigenvalue weighted by atomic mass is 16.3. The van der Waals surface area contributed by atoms with E-state index in [0.717, 1.165) is 29.3 Å². The smallest absolute Gasteiger partial charge is 0.222 e. The normalized spacial score (nSPS) is 26.3. The van der Waals surface area contributed by atoms with Crippen LogP contribution in [0.1, 0.15) is 44.1 Å². The number of hydrogen-bond acceptors (Lipinski definition) is 4. The maximum Gasteiger partial charge on any atom is 0.222 e. The number of aliphatic hydroxyl groups is 1. The molecule has 2 fully saturated rings. The van der Waals surface area contributed by atoms with Crippen LogP contribution in [0.15, 0.2) is 36.4 Å². The van der Waals surface area contributed by atoms with Gasteiger partial charge in [0.2, 0.25) is 5.91 Å². The fraction of sp³-hybridized carbons (Fsp3) is 0.478. The van der Waals surface area contributed by atoms with Crippen molar-refractivity contribution in [3.8, 4) is 6.07 Å². The van der Waals surface area contributed by atoms with Gasteiger partial charge in [0.1, 0.15) is 0 Å². The van der Waals surface area contributed by atoms with E-state index < -0.39 is 5.60 Å². The standard InChI is InChI=1S/C23H27N3O2/c1-25(2)22(27)11-12-23(28)13-17-8-9-18(14-23)26(17)21-10-7-16(15-24)19-5-3-4-6-20(19)21/h3-7,10,17-18,28H,8-9,11-14H2,1-2H3. The summed E-state index contributed by atoms with van der Waals surface area (Å²) in [5, 5.41) is 22.7. The number of nitriles is 1. The van der Waals surface area contributed by atoms with Crippen molar-refractivity contribution in [2.45, 2.75) is 56.2 Å². The first-order valence-corrected chi connectivity index (χ1v) is 10.0. The van der Waals surface area contributed by atoms with Crippen LogP contribution < -0.4 is 4.90 Å². The second kappa shape index (κ2) is 7.10. The Hall–Kier alpha value is -2.58. The first kappa shape index (κ1) is 18.8. The number of hydrogen-bond donors (Lipinski definition) is 1. The Balaban J connectivity index is 1.61. The molecule has 2 aromatic carbocycles. The first-order valence-electron chi connectivity index (χ1n) is 10.0. The van der Waals surface area contributed by atoms with Crippen LogP contribution >= 0.6 is 0 Å². The quantitative estimate of drug-likeness (QED) is 0.886. The summed E-state index contributed by atoms with van der Waals surface area (Å²) in [6.45, 7) is 0. The first-order chi connectivity index (χ1) is 13.4. The highest BCUT2D eigenvalue weighted by molar-refractivity contribution is 5.98. The topological polar surface area (TPSA) is 67.6 Å². The van der Waals surface area contributed by atoms with Crippen LogP contribution in [0, 0.1) is 11.3 Å². The van der Waals surface area contributed by atoms with Crippen molar-refractivity contribution in [1.82, 2.24) is 4.90 Å². The van der Waals surface area contributed by atoms with Crippen LogP contribution in [-0.4, -0.2) is 47.7 Å². The van der Waals surface area contributed by atoms with Crippen LogP contribution in [0.2, 0.25) is 0 Å². The number of nitrogens with zero attached hydrogens (tertiary/aromatic N) is 3. The summed E-state index contributed by atoms with van der Waals surface area (Å²) in [6.07, 6.45) is 4.42. The Labute approximate surface area is 166 Å². The van der Waals surface area contributed by atoms with Gasteiger partial charge in [0.05, 0.1) is 17.2 Å². The summed E-state index contributed by atoms with van der Waals surface area (Å²) < 4.78 is 0. The molecule has 2 unspecified atom stereocenters. The number of amides is 1. The molecule has 5 heteroatoms. The van der Waals surface area contributed by atoms with Crippen molar-refractivity contribution in [3.63, 3.8) is 0 Å². The molecule has 2 aliphatic heterocycles. The molecule has 1 amide bonds. The van der Waals surface area contributed by atoms with Gasteiger partial charge in [-0.25, -0.2) is 0 Å². The molecule has 0 spiro atoms. The maximum atomic E-state index is 12.0. The molecule has 2 atom stereocenters. The minimum atomic E-state index is -0.767. The van der Waals surface area contributed by atoms with Gasteiger partial charge in [-0.05, 0) is 44.2 Å². The van der Waals surface area contributed by atoms with Crippen LogP contribution in [0.4, 0.5) is 5.69 Å². The largest absolute Gasteiger partial charge is 0.390 e. The molecule has 0 radical (unpaired) electrons. The third-order valence-electron chi connectivity index (χ3n) is 6.45. The van der Waals surface area contributed by atoms with E-state index in [9.17, 15) is 15.2 Å². The summed E-state index contributed by atoms with van der Waals surface area (Å²) in [5.41, 5.74) is 1.09. The number of benzene rings is 2. The third-order valence-corrected chi connectivity index (χ3v) is 6.45. The Morgan fingerprint density at radius 1 is 1.18 bits per heavy atom. The second-order valence-electron chi connectivity index (χ2n) is 8.50. The van der Waals surface area contributed by atoms with Gasteiger partial charge in [-0.1, -0.05) is 24.3 Å². The summed E-state index contributed by atoms with van der Waals surface area (Å²) in [6, 6.07) is 14.9. The third kappa shape index (κ3) is 3.22. The van der Waals surface area contributed by atoms with Gasteiger partial charge in [0, 0.05) is 49.1 Å². The van der Waals surface area contributed by atoms with Crippen LogP contribution in [0.25, 0.3) is 10.8 Å². The van der Waals surface area contributed by atoms with Crippen LogP contribution in [-0.2, 0) is 4.79 Å². The Bertz CT molecular complexity index is 933. The summed E-state index contributed by atoms with van der Waals surface area (Å²) in [7, 11) is 3.52. The van der Waals surface area contributed by atoms with Crippen molar-refractivity contribution in [2.75, 3.05) is 19.0 Å². The predicted octanol–water partition coefficient (Wildman–Crippen LogP) is 3.44. The number of carbonyl (C=O) groups excluding carboxylic acids is 1. The fourth-order valence-electron chi connectivity index (χ4n) is 5.09. The molecule has 2 bridgehead atoms. The highest BCUT2D eigenvalue weighted by Gasteiger charge is 2.47. The van der Waals surface area contributed by atoms with E-state index >= 15 is 0 Å². The molecule has 0 aromatic heterocycles. The Morgan fingerprint density at radius 2 is 1.82 bits per heavy atom. The number of fused-ring (bicyclic) bond motifs is 3. The zero-order valence-electron chi connectivity index (χ0n) is 16.6. The molecule has 2 aromatic rings. The van der Waals surface area contributed by atoms with E-state index in [1.54, 1.807) is 19.0 Å². The molecule has 2 aliphatic rings. The SMILES string of the molecule is CN(C)C(=O)CCC1(O)CC2CCC(C1)N2c1ccc(C#N)c2ccccc12. The number of carbonyl (C=O) groups is 1. The van der Waals surface area contributed by atoms with E-state index in [1.165, 1.54) is 0 Å². The minimum absolute atomic E-state index is 0.0706. The molecular formula is C23H27N3O2. The van der Waals surface area contributed by atoms with E-state index in [2.05, 4.69) is 23.1 Å². The molecule has 28 heavy (non-hydrogen) atoms. The monoisotopic (exact) mass is 377 g/mol. The number of piperidine rings is 1. The summed E-state index contributed by atoms with van der Waals surface area (Å²) in [5.74, 6) is 0.0706. The molecule has 1 N–H and O–H groups in total. The van der Waals surface area contributed by atoms with Gasteiger partial charge in [-0.15, -0.1) is 0 Å². The zero-order valence-corrected chi connectivity index (χ0v) is 16.6. The molecule has 2 saturated heterocycles. The average molecular weight is 377 g/mol. The zero-order chi connectivity index (χ0) is 19.9. The van der Waals surface area contributed by atoms with E-state index in [1.807, 2.05) is 24.3 Å². The lowest BCUT2D eigenvalue weighted by molar-refractivity contribution is -0.130. The number of anilines is 1. The Morgan fingerprint density at radius 3 is 2.43 bits per heavy atom. The van der Waals surface area contributed by atoms with Gasteiger partial charge in [0.25, 0.3) is 0 Å². The molecular weight excluding hydrogens is 350 g/mol. The van der Waals surface area contributed by atoms with Crippen LogP contribution in [0.3, 0.4) is 0 Å². The average Bonchev–Trinajstić information content (AvgIpc) is 2.96. The predicted molar refractivity (Wildman–Crippen MR) is 110 cm³/mol. The van der Waals surface area contributed by atoms with Gasteiger partial charge in [-0.3, -0.25) is 4.79 Å². The van der Waals surface area contributed by atoms with Crippen molar-refractivity contribution in [1.29, 1.82) is 5.26 Å². The molecule has 4 rings (SSSR count). The molecule has 5 nitrogen and oxygen atoms in total. The lowest BCUT2D eigenvalue weighted by Gasteiger charge is -2.45. The van der Waals surface area contributed by atoms with Gasteiger partial charge >= 0.3 is 0 Å². The molecule has 0 saturated carbocycles. The summed E-state index contributed by atoms with van der Waals surface area (Å²) in [4.78, 5) is 16.0. The lowest BCUT2D eigenvalue weighted by atomic mass is 9.82. The van der Waals surface area contributed by atoms with Gasteiger partial charge in [-0.2, -0.15) is 5.26 Å². The van der Waals surface area contributed by atoms with Crippen molar-refractivity contribution in [2.24, 2.45) is 0 Å². The molecule has 146 valence electrons. The molecule has 2 heterocycles. The second-order valence-corrected chi connectivity index (χ2v) is 8.50. The Kier molecular flexibility index (Phi) is 4.76. The van der Waals surface area contributed by atoms with Crippen molar-refractivity contribution < 1.29 is 9.90 Å². The fourth-order valence-corrected chi connectivity index (χ4v) is 5.09. The highest BCUT2D eigenvalue weighted by Crippen LogP contribution is 2.46. The van der Waals surface area contributed by atoms with E-state index in [4.69, 9.17) is 0 Å². The van der Waals surface area contributed by atoms with Crippen LogP contribution in [0.5, 0.6) is 0 Å². The van der Waals surface area contributed by atoms with E-state index in [-0.39, 0.29) is 18.0 Å². The van der Waals surface area contributed by atoms with Crippen molar-refractivity contribution in [3.05, 3.63) is 42.0 Å².